The lowest BCUT2D eigenvalue weighted by atomic mass is 9.87. The molecule has 7 aromatic rings. The smallest absolute Gasteiger partial charge is 0.0346 e. The van der Waals surface area contributed by atoms with Crippen LogP contribution in [0.1, 0.15) is 6.92 Å². The average Bonchev–Trinajstić information content (AvgIpc) is 3.01. The normalized spacial score (nSPS) is 11.3. The topological polar surface area (TPSA) is 51.8 Å². The summed E-state index contributed by atoms with van der Waals surface area (Å²) in [5.41, 5.74) is 12.0. The molecule has 0 amide bonds. The lowest BCUT2D eigenvalue weighted by molar-refractivity contribution is 1.33. The van der Waals surface area contributed by atoms with Gasteiger partial charge in [-0.25, -0.2) is 0 Å². The quantitative estimate of drug-likeness (QED) is 0.252. The number of rotatable bonds is 3. The summed E-state index contributed by atoms with van der Waals surface area (Å²) in [6.07, 6.45) is 10.8. The number of pyridine rings is 2. The number of allylic oxidation sites excluding steroid dienone is 1. The zero-order valence-corrected chi connectivity index (χ0v) is 21.2. The molecule has 2 aromatic heterocycles. The number of aromatic nitrogens is 2. The van der Waals surface area contributed by atoms with Gasteiger partial charge in [0.15, 0.2) is 0 Å². The molecule has 2 heterocycles. The van der Waals surface area contributed by atoms with Crippen LogP contribution in [0.2, 0.25) is 0 Å². The predicted octanol–water partition coefficient (Wildman–Crippen LogP) is 8.85. The maximum absolute atomic E-state index is 4.85. The Labute approximate surface area is 222 Å². The lowest BCUT2D eigenvalue weighted by Gasteiger charge is -2.16. The molecule has 0 saturated carbocycles. The first-order chi connectivity index (χ1) is 18.8. The summed E-state index contributed by atoms with van der Waals surface area (Å²) < 4.78 is 0. The summed E-state index contributed by atoms with van der Waals surface area (Å²) in [5.74, 6) is 0. The van der Waals surface area contributed by atoms with Crippen molar-refractivity contribution in [2.24, 2.45) is 5.73 Å². The van der Waals surface area contributed by atoms with Gasteiger partial charge in [0.2, 0.25) is 0 Å². The Morgan fingerprint density at radius 1 is 0.526 bits per heavy atom. The van der Waals surface area contributed by atoms with E-state index in [-0.39, 0.29) is 0 Å². The highest BCUT2D eigenvalue weighted by Crippen LogP contribution is 2.42. The van der Waals surface area contributed by atoms with E-state index in [1.807, 2.05) is 43.8 Å². The number of hydrogen-bond acceptors (Lipinski definition) is 3. The highest BCUT2D eigenvalue weighted by Gasteiger charge is 2.15. The van der Waals surface area contributed by atoms with E-state index in [0.29, 0.717) is 0 Å². The second-order valence-corrected chi connectivity index (χ2v) is 9.24. The molecule has 2 N–H and O–H groups in total. The molecule has 0 fully saturated rings. The molecule has 0 atom stereocenters. The van der Waals surface area contributed by atoms with E-state index >= 15 is 0 Å². The largest absolute Gasteiger partial charge is 0.405 e. The van der Waals surface area contributed by atoms with Crippen LogP contribution in [0.25, 0.3) is 65.7 Å². The molecule has 0 aliphatic carbocycles. The van der Waals surface area contributed by atoms with E-state index in [9.17, 15) is 0 Å². The van der Waals surface area contributed by atoms with Crippen LogP contribution in [0.4, 0.5) is 0 Å². The fourth-order valence-corrected chi connectivity index (χ4v) is 5.20. The summed E-state index contributed by atoms with van der Waals surface area (Å²) in [4.78, 5) is 8.60. The van der Waals surface area contributed by atoms with Crippen molar-refractivity contribution in [3.8, 4) is 33.4 Å². The fourth-order valence-electron chi connectivity index (χ4n) is 5.20. The molecular formula is C35H27N3. The molecule has 0 aliphatic heterocycles. The highest BCUT2D eigenvalue weighted by atomic mass is 14.6. The zero-order chi connectivity index (χ0) is 25.9. The number of hydrogen-bond donors (Lipinski definition) is 1. The fraction of sp³-hybridized carbons (Fsp3) is 0.0286. The van der Waals surface area contributed by atoms with Crippen molar-refractivity contribution < 1.29 is 0 Å². The van der Waals surface area contributed by atoms with Crippen LogP contribution in [0, 0.1) is 0 Å². The maximum Gasteiger partial charge on any atom is 0.0346 e. The van der Waals surface area contributed by atoms with Gasteiger partial charge < -0.3 is 5.73 Å². The standard InChI is InChI=1S/C32H20N2.C3H7N/c1-3-25(19-33-17-1)21-5-7-22(8-6-21)27-13-11-23-9-10-24-12-14-28(26-4-2-18-34-20-26)30-16-15-29(27)31(23)32(24)30;1-2-3-4/h1-20H;2-3H,4H2,1H3/b;3-2-. The highest BCUT2D eigenvalue weighted by molar-refractivity contribution is 6.27. The second-order valence-electron chi connectivity index (χ2n) is 9.24. The third kappa shape index (κ3) is 4.14. The third-order valence-electron chi connectivity index (χ3n) is 7.02. The zero-order valence-electron chi connectivity index (χ0n) is 21.2. The van der Waals surface area contributed by atoms with Gasteiger partial charge in [-0.05, 0) is 85.4 Å². The van der Waals surface area contributed by atoms with Crippen molar-refractivity contribution in [3.05, 3.63) is 134 Å². The molecule has 0 unspecified atom stereocenters. The van der Waals surface area contributed by atoms with Crippen LogP contribution in [-0.2, 0) is 0 Å². The average molecular weight is 490 g/mol. The Morgan fingerprint density at radius 2 is 1.00 bits per heavy atom. The van der Waals surface area contributed by atoms with E-state index in [4.69, 9.17) is 5.73 Å². The predicted molar refractivity (Wildman–Crippen MR) is 161 cm³/mol. The van der Waals surface area contributed by atoms with E-state index in [0.717, 1.165) is 11.1 Å². The molecule has 182 valence electrons. The van der Waals surface area contributed by atoms with Crippen LogP contribution in [0.15, 0.2) is 134 Å². The minimum Gasteiger partial charge on any atom is -0.405 e. The van der Waals surface area contributed by atoms with Gasteiger partial charge in [0, 0.05) is 30.4 Å². The number of nitrogens with zero attached hydrogens (tertiary/aromatic N) is 2. The molecule has 0 saturated heterocycles. The molecule has 0 radical (unpaired) electrons. The minimum atomic E-state index is 1.13. The van der Waals surface area contributed by atoms with Gasteiger partial charge >= 0.3 is 0 Å². The lowest BCUT2D eigenvalue weighted by Crippen LogP contribution is -1.90. The molecule has 38 heavy (non-hydrogen) atoms. The Morgan fingerprint density at radius 3 is 1.50 bits per heavy atom. The summed E-state index contributed by atoms with van der Waals surface area (Å²) in [6, 6.07) is 35.0. The summed E-state index contributed by atoms with van der Waals surface area (Å²) in [7, 11) is 0. The first-order valence-electron chi connectivity index (χ1n) is 12.7. The monoisotopic (exact) mass is 489 g/mol. The van der Waals surface area contributed by atoms with E-state index in [1.54, 1.807) is 6.08 Å². The van der Waals surface area contributed by atoms with Crippen molar-refractivity contribution in [3.63, 3.8) is 0 Å². The molecule has 0 bridgehead atoms. The Balaban J connectivity index is 0.000000620. The summed E-state index contributed by atoms with van der Waals surface area (Å²) in [5, 5.41) is 7.75. The Bertz CT molecular complexity index is 1850. The van der Waals surface area contributed by atoms with Crippen molar-refractivity contribution in [1.29, 1.82) is 0 Å². The van der Waals surface area contributed by atoms with E-state index in [2.05, 4.69) is 94.9 Å². The van der Waals surface area contributed by atoms with Crippen molar-refractivity contribution in [2.75, 3.05) is 0 Å². The second kappa shape index (κ2) is 10.2. The third-order valence-corrected chi connectivity index (χ3v) is 7.02. The summed E-state index contributed by atoms with van der Waals surface area (Å²) in [6.45, 7) is 1.88. The number of nitrogens with two attached hydrogens (primary N) is 1. The molecular weight excluding hydrogens is 462 g/mol. The van der Waals surface area contributed by atoms with Gasteiger partial charge in [-0.2, -0.15) is 0 Å². The first-order valence-corrected chi connectivity index (χ1v) is 12.7. The molecule has 3 heteroatoms. The van der Waals surface area contributed by atoms with Gasteiger partial charge in [0.1, 0.15) is 0 Å². The minimum absolute atomic E-state index is 1.13. The number of benzene rings is 5. The molecule has 0 spiro atoms. The van der Waals surface area contributed by atoms with Crippen molar-refractivity contribution >= 4 is 32.3 Å². The van der Waals surface area contributed by atoms with Crippen LogP contribution >= 0.6 is 0 Å². The van der Waals surface area contributed by atoms with Gasteiger partial charge in [-0.3, -0.25) is 9.97 Å². The summed E-state index contributed by atoms with van der Waals surface area (Å²) >= 11 is 0. The molecule has 0 aliphatic rings. The van der Waals surface area contributed by atoms with Gasteiger partial charge in [0.05, 0.1) is 0 Å². The Kier molecular flexibility index (Phi) is 6.25. The van der Waals surface area contributed by atoms with Crippen molar-refractivity contribution in [1.82, 2.24) is 9.97 Å². The van der Waals surface area contributed by atoms with E-state index in [1.165, 1.54) is 60.8 Å². The first kappa shape index (κ1) is 23.4. The van der Waals surface area contributed by atoms with Gasteiger partial charge in [0.25, 0.3) is 0 Å². The SMILES string of the molecule is C/C=C\N.c1cncc(-c2ccc(-c3ccc4ccc5ccc(-c6cccnc6)c6ccc3c4c56)cc2)c1. The molecule has 5 aromatic carbocycles. The van der Waals surface area contributed by atoms with Crippen molar-refractivity contribution in [2.45, 2.75) is 6.92 Å². The molecule has 3 nitrogen and oxygen atoms in total. The van der Waals surface area contributed by atoms with Gasteiger partial charge in [-0.15, -0.1) is 0 Å². The van der Waals surface area contributed by atoms with Crippen LogP contribution < -0.4 is 5.73 Å². The maximum atomic E-state index is 4.85. The van der Waals surface area contributed by atoms with Gasteiger partial charge in [-0.1, -0.05) is 91.0 Å². The van der Waals surface area contributed by atoms with E-state index < -0.39 is 0 Å². The van der Waals surface area contributed by atoms with Crippen LogP contribution in [0.3, 0.4) is 0 Å². The Hall–Kier alpha value is -5.02. The molecule has 7 rings (SSSR count). The van der Waals surface area contributed by atoms with Crippen LogP contribution in [0.5, 0.6) is 0 Å². The van der Waals surface area contributed by atoms with Crippen LogP contribution in [-0.4, -0.2) is 9.97 Å².